The van der Waals surface area contributed by atoms with Crippen molar-refractivity contribution in [3.8, 4) is 11.5 Å². The van der Waals surface area contributed by atoms with E-state index in [1.165, 1.54) is 0 Å². The highest BCUT2D eigenvalue weighted by atomic mass is 79.9. The molecule has 0 aliphatic carbocycles. The number of amides is 1. The molecule has 1 N–H and O–H groups in total. The molecule has 0 aromatic heterocycles. The van der Waals surface area contributed by atoms with Crippen LogP contribution in [0.2, 0.25) is 0 Å². The van der Waals surface area contributed by atoms with Gasteiger partial charge in [0.25, 0.3) is 0 Å². The molecule has 6 heteroatoms. The van der Waals surface area contributed by atoms with Crippen molar-refractivity contribution in [1.82, 2.24) is 0 Å². The third-order valence-electron chi connectivity index (χ3n) is 3.24. The minimum Gasteiger partial charge on any atom is -0.486 e. The van der Waals surface area contributed by atoms with Gasteiger partial charge in [-0.1, -0.05) is 15.9 Å². The lowest BCUT2D eigenvalue weighted by atomic mass is 10.2. The molecule has 4 nitrogen and oxygen atoms in total. The first-order valence-electron chi connectivity index (χ1n) is 7.28. The molecule has 3 rings (SSSR count). The van der Waals surface area contributed by atoms with Crippen molar-refractivity contribution in [2.45, 2.75) is 11.3 Å². The number of fused-ring (bicyclic) bond motifs is 1. The molecule has 120 valence electrons. The number of benzene rings is 2. The zero-order chi connectivity index (χ0) is 16.1. The van der Waals surface area contributed by atoms with Crippen molar-refractivity contribution in [3.63, 3.8) is 0 Å². The van der Waals surface area contributed by atoms with Crippen LogP contribution in [0, 0.1) is 0 Å². The number of carbonyl (C=O) groups is 1. The summed E-state index contributed by atoms with van der Waals surface area (Å²) in [5.41, 5.74) is 0.730. The monoisotopic (exact) mass is 393 g/mol. The highest BCUT2D eigenvalue weighted by molar-refractivity contribution is 9.10. The number of ether oxygens (including phenoxy) is 2. The summed E-state index contributed by atoms with van der Waals surface area (Å²) >= 11 is 5.07. The Bertz CT molecular complexity index is 691. The molecule has 0 spiro atoms. The van der Waals surface area contributed by atoms with Crippen molar-refractivity contribution < 1.29 is 14.3 Å². The molecule has 0 bridgehead atoms. The largest absolute Gasteiger partial charge is 0.486 e. The predicted molar refractivity (Wildman–Crippen MR) is 95.5 cm³/mol. The maximum atomic E-state index is 12.0. The summed E-state index contributed by atoms with van der Waals surface area (Å²) in [6.07, 6.45) is 0.454. The first kappa shape index (κ1) is 16.2. The molecule has 1 aliphatic rings. The van der Waals surface area contributed by atoms with Gasteiger partial charge < -0.3 is 14.8 Å². The smallest absolute Gasteiger partial charge is 0.225 e. The van der Waals surface area contributed by atoms with Crippen molar-refractivity contribution in [2.24, 2.45) is 0 Å². The molecule has 1 amide bonds. The van der Waals surface area contributed by atoms with Gasteiger partial charge in [0.2, 0.25) is 5.91 Å². The van der Waals surface area contributed by atoms with Gasteiger partial charge in [-0.25, -0.2) is 0 Å². The van der Waals surface area contributed by atoms with Crippen LogP contribution in [-0.2, 0) is 4.79 Å². The number of anilines is 1. The van der Waals surface area contributed by atoms with E-state index < -0.39 is 0 Å². The summed E-state index contributed by atoms with van der Waals surface area (Å²) < 4.78 is 12.0. The van der Waals surface area contributed by atoms with Crippen molar-refractivity contribution >= 4 is 39.3 Å². The van der Waals surface area contributed by atoms with E-state index in [0.29, 0.717) is 25.4 Å². The second-order valence-electron chi connectivity index (χ2n) is 4.96. The summed E-state index contributed by atoms with van der Waals surface area (Å²) in [5, 5.41) is 2.89. The Morgan fingerprint density at radius 1 is 1.09 bits per heavy atom. The predicted octanol–water partition coefficient (Wildman–Crippen LogP) is 4.34. The van der Waals surface area contributed by atoms with Crippen LogP contribution in [0.4, 0.5) is 5.69 Å². The van der Waals surface area contributed by atoms with Gasteiger partial charge in [0.15, 0.2) is 11.5 Å². The van der Waals surface area contributed by atoms with E-state index >= 15 is 0 Å². The topological polar surface area (TPSA) is 47.6 Å². The minimum atomic E-state index is -0.00807. The normalized spacial score (nSPS) is 12.7. The molecule has 0 unspecified atom stereocenters. The second-order valence-corrected chi connectivity index (χ2v) is 7.04. The summed E-state index contributed by atoms with van der Waals surface area (Å²) in [6.45, 7) is 1.10. The van der Waals surface area contributed by atoms with E-state index in [1.807, 2.05) is 36.4 Å². The maximum absolute atomic E-state index is 12.0. The highest BCUT2D eigenvalue weighted by Crippen LogP contribution is 2.32. The summed E-state index contributed by atoms with van der Waals surface area (Å²) in [6, 6.07) is 13.5. The van der Waals surface area contributed by atoms with E-state index in [1.54, 1.807) is 17.8 Å². The quantitative estimate of drug-likeness (QED) is 0.767. The summed E-state index contributed by atoms with van der Waals surface area (Å²) in [7, 11) is 0. The standard InChI is InChI=1S/C17H16BrNO3S/c18-12-1-4-14(5-2-12)23-10-7-17(20)19-13-3-6-15-16(11-13)22-9-8-21-15/h1-6,11H,7-10H2,(H,19,20). The van der Waals surface area contributed by atoms with Crippen LogP contribution in [0.15, 0.2) is 51.8 Å². The first-order chi connectivity index (χ1) is 11.2. The van der Waals surface area contributed by atoms with Gasteiger partial charge in [-0.15, -0.1) is 11.8 Å². The third-order valence-corrected chi connectivity index (χ3v) is 4.78. The van der Waals surface area contributed by atoms with Gasteiger partial charge in [-0.2, -0.15) is 0 Å². The Kier molecular flexibility index (Phi) is 5.46. The lowest BCUT2D eigenvalue weighted by Crippen LogP contribution is -2.16. The Morgan fingerprint density at radius 3 is 2.61 bits per heavy atom. The van der Waals surface area contributed by atoms with Crippen LogP contribution in [0.25, 0.3) is 0 Å². The second kappa shape index (κ2) is 7.75. The highest BCUT2D eigenvalue weighted by Gasteiger charge is 2.12. The molecule has 23 heavy (non-hydrogen) atoms. The number of thioether (sulfide) groups is 1. The van der Waals surface area contributed by atoms with Gasteiger partial charge in [0.05, 0.1) is 0 Å². The summed E-state index contributed by atoms with van der Waals surface area (Å²) in [4.78, 5) is 13.2. The molecular weight excluding hydrogens is 378 g/mol. The SMILES string of the molecule is O=C(CCSc1ccc(Br)cc1)Nc1ccc2c(c1)OCCO2. The van der Waals surface area contributed by atoms with Gasteiger partial charge in [-0.05, 0) is 36.4 Å². The van der Waals surface area contributed by atoms with E-state index in [9.17, 15) is 4.79 Å². The fourth-order valence-electron chi connectivity index (χ4n) is 2.14. The maximum Gasteiger partial charge on any atom is 0.225 e. The molecule has 0 saturated carbocycles. The number of rotatable bonds is 5. The number of halogens is 1. The molecule has 0 saturated heterocycles. The van der Waals surface area contributed by atoms with Gasteiger partial charge in [-0.3, -0.25) is 4.79 Å². The lowest BCUT2D eigenvalue weighted by Gasteiger charge is -2.19. The molecule has 0 fully saturated rings. The Hall–Kier alpha value is -1.66. The van der Waals surface area contributed by atoms with Crippen molar-refractivity contribution in [1.29, 1.82) is 0 Å². The van der Waals surface area contributed by atoms with Crippen LogP contribution in [0.1, 0.15) is 6.42 Å². The summed E-state index contributed by atoms with van der Waals surface area (Å²) in [5.74, 6) is 2.13. The third kappa shape index (κ3) is 4.65. The molecule has 0 radical (unpaired) electrons. The van der Waals surface area contributed by atoms with E-state index in [4.69, 9.17) is 9.47 Å². The van der Waals surface area contributed by atoms with Crippen LogP contribution < -0.4 is 14.8 Å². The minimum absolute atomic E-state index is 0.00807. The fourth-order valence-corrected chi connectivity index (χ4v) is 3.25. The molecule has 1 heterocycles. The van der Waals surface area contributed by atoms with Crippen molar-refractivity contribution in [3.05, 3.63) is 46.9 Å². The zero-order valence-electron chi connectivity index (χ0n) is 12.4. The Labute approximate surface area is 147 Å². The fraction of sp³-hybridized carbons (Fsp3) is 0.235. The molecule has 2 aromatic rings. The first-order valence-corrected chi connectivity index (χ1v) is 9.06. The molecule has 2 aromatic carbocycles. The molecule has 1 aliphatic heterocycles. The number of hydrogen-bond donors (Lipinski definition) is 1. The van der Waals surface area contributed by atoms with Crippen LogP contribution in [0.3, 0.4) is 0 Å². The lowest BCUT2D eigenvalue weighted by molar-refractivity contribution is -0.115. The van der Waals surface area contributed by atoms with E-state index in [0.717, 1.165) is 26.6 Å². The van der Waals surface area contributed by atoms with Gasteiger partial charge in [0.1, 0.15) is 13.2 Å². The zero-order valence-corrected chi connectivity index (χ0v) is 14.8. The van der Waals surface area contributed by atoms with Gasteiger partial charge >= 0.3 is 0 Å². The van der Waals surface area contributed by atoms with Crippen LogP contribution in [-0.4, -0.2) is 24.9 Å². The molecule has 0 atom stereocenters. The number of nitrogens with one attached hydrogen (secondary N) is 1. The average molecular weight is 394 g/mol. The van der Waals surface area contributed by atoms with E-state index in [-0.39, 0.29) is 5.91 Å². The van der Waals surface area contributed by atoms with Gasteiger partial charge in [0, 0.05) is 33.3 Å². The average Bonchev–Trinajstić information content (AvgIpc) is 2.56. The van der Waals surface area contributed by atoms with Crippen LogP contribution >= 0.6 is 27.7 Å². The van der Waals surface area contributed by atoms with Crippen LogP contribution in [0.5, 0.6) is 11.5 Å². The number of carbonyl (C=O) groups excluding carboxylic acids is 1. The Balaban J connectivity index is 1.48. The number of hydrogen-bond acceptors (Lipinski definition) is 4. The van der Waals surface area contributed by atoms with Crippen molar-refractivity contribution in [2.75, 3.05) is 24.3 Å². The van der Waals surface area contributed by atoms with E-state index in [2.05, 4.69) is 21.2 Å². The molecular formula is C17H16BrNO3S. The Morgan fingerprint density at radius 2 is 1.83 bits per heavy atom.